The molecule has 0 atom stereocenters. The van der Waals surface area contributed by atoms with E-state index in [0.29, 0.717) is 11.6 Å². The molecule has 0 radical (unpaired) electrons. The highest BCUT2D eigenvalue weighted by Crippen LogP contribution is 2.24. The maximum absolute atomic E-state index is 12.0. The van der Waals surface area contributed by atoms with Crippen molar-refractivity contribution in [3.8, 4) is 0 Å². The van der Waals surface area contributed by atoms with Gasteiger partial charge in [0.05, 0.1) is 0 Å². The Bertz CT molecular complexity index is 831. The first kappa shape index (κ1) is 16.1. The van der Waals surface area contributed by atoms with Crippen molar-refractivity contribution in [1.82, 2.24) is 0 Å². The lowest BCUT2D eigenvalue weighted by Gasteiger charge is -2.01. The minimum absolute atomic E-state index is 0.312. The van der Waals surface area contributed by atoms with Crippen LogP contribution in [0.25, 0.3) is 6.08 Å². The second-order valence-electron chi connectivity index (χ2n) is 4.52. The lowest BCUT2D eigenvalue weighted by molar-refractivity contribution is -0.129. The van der Waals surface area contributed by atoms with Crippen molar-refractivity contribution in [2.24, 2.45) is 4.99 Å². The first-order chi connectivity index (χ1) is 10.5. The maximum Gasteiger partial charge on any atom is 0.363 e. The van der Waals surface area contributed by atoms with Crippen LogP contribution < -0.4 is 0 Å². The summed E-state index contributed by atoms with van der Waals surface area (Å²) in [5.41, 5.74) is 2.01. The van der Waals surface area contributed by atoms with Crippen LogP contribution in [0.1, 0.15) is 11.1 Å². The SMILES string of the molecule is O=C1OC(c2ccc(I)c(Br)c2)=N/C1=C\c1cccc(I)c1. The van der Waals surface area contributed by atoms with E-state index in [1.54, 1.807) is 6.08 Å². The lowest BCUT2D eigenvalue weighted by Crippen LogP contribution is -2.05. The Hall–Kier alpha value is -0.740. The van der Waals surface area contributed by atoms with Crippen LogP contribution in [-0.2, 0) is 9.53 Å². The van der Waals surface area contributed by atoms with Crippen LogP contribution in [0.4, 0.5) is 0 Å². The summed E-state index contributed by atoms with van der Waals surface area (Å²) in [6.07, 6.45) is 1.74. The third kappa shape index (κ3) is 3.60. The number of rotatable bonds is 2. The van der Waals surface area contributed by atoms with E-state index in [4.69, 9.17) is 4.74 Å². The van der Waals surface area contributed by atoms with Crippen LogP contribution in [-0.4, -0.2) is 11.9 Å². The minimum atomic E-state index is -0.427. The van der Waals surface area contributed by atoms with Gasteiger partial charge in [0.2, 0.25) is 5.90 Å². The number of ether oxygens (including phenoxy) is 1. The molecule has 3 nitrogen and oxygen atoms in total. The van der Waals surface area contributed by atoms with Gasteiger partial charge in [-0.15, -0.1) is 0 Å². The summed E-state index contributed by atoms with van der Waals surface area (Å²) < 4.78 is 8.40. The number of halogens is 3. The average Bonchev–Trinajstić information content (AvgIpc) is 2.83. The number of aliphatic imine (C=N–C) groups is 1. The van der Waals surface area contributed by atoms with E-state index < -0.39 is 5.97 Å². The highest BCUT2D eigenvalue weighted by Gasteiger charge is 2.24. The standard InChI is InChI=1S/C16H8BrI2NO2/c17-12-8-10(4-5-13(12)19)15-20-14(16(21)22-15)7-9-2-1-3-11(18)6-9/h1-8H/b14-7-. The Kier molecular flexibility index (Phi) is 4.98. The topological polar surface area (TPSA) is 38.7 Å². The summed E-state index contributed by atoms with van der Waals surface area (Å²) >= 11 is 7.92. The predicted molar refractivity (Wildman–Crippen MR) is 107 cm³/mol. The summed E-state index contributed by atoms with van der Waals surface area (Å²) in [5.74, 6) is -0.0949. The third-order valence-corrected chi connectivity index (χ3v) is 5.95. The summed E-state index contributed by atoms with van der Waals surface area (Å²) in [5, 5.41) is 0. The van der Waals surface area contributed by atoms with Gasteiger partial charge in [-0.3, -0.25) is 0 Å². The largest absolute Gasteiger partial charge is 0.402 e. The number of carbonyl (C=O) groups is 1. The van der Waals surface area contributed by atoms with Gasteiger partial charge in [-0.25, -0.2) is 9.79 Å². The molecule has 1 aliphatic rings. The molecule has 6 heteroatoms. The van der Waals surface area contributed by atoms with Crippen LogP contribution in [0.5, 0.6) is 0 Å². The molecule has 1 heterocycles. The molecule has 1 aliphatic heterocycles. The van der Waals surface area contributed by atoms with Crippen molar-refractivity contribution in [1.29, 1.82) is 0 Å². The van der Waals surface area contributed by atoms with Crippen molar-refractivity contribution in [2.45, 2.75) is 0 Å². The highest BCUT2D eigenvalue weighted by molar-refractivity contribution is 14.1. The molecular formula is C16H8BrI2NO2. The van der Waals surface area contributed by atoms with Crippen molar-refractivity contribution in [3.05, 3.63) is 70.9 Å². The van der Waals surface area contributed by atoms with E-state index >= 15 is 0 Å². The van der Waals surface area contributed by atoms with Crippen LogP contribution in [0.2, 0.25) is 0 Å². The number of hydrogen-bond donors (Lipinski definition) is 0. The Morgan fingerprint density at radius 1 is 1.14 bits per heavy atom. The molecular weight excluding hydrogens is 572 g/mol. The average molecular weight is 580 g/mol. The van der Waals surface area contributed by atoms with Crippen molar-refractivity contribution in [3.63, 3.8) is 0 Å². The van der Waals surface area contributed by atoms with Crippen molar-refractivity contribution in [2.75, 3.05) is 0 Å². The Labute approximate surface area is 163 Å². The van der Waals surface area contributed by atoms with Crippen LogP contribution in [0.15, 0.2) is 57.6 Å². The first-order valence-electron chi connectivity index (χ1n) is 6.26. The predicted octanol–water partition coefficient (Wildman–Crippen LogP) is 5.00. The fourth-order valence-corrected chi connectivity index (χ4v) is 3.20. The number of cyclic esters (lactones) is 1. The molecule has 0 unspecified atom stereocenters. The first-order valence-corrected chi connectivity index (χ1v) is 9.21. The van der Waals surface area contributed by atoms with E-state index in [1.165, 1.54) is 0 Å². The van der Waals surface area contributed by atoms with Gasteiger partial charge in [0.25, 0.3) is 0 Å². The molecule has 0 bridgehead atoms. The maximum atomic E-state index is 12.0. The van der Waals surface area contributed by atoms with E-state index in [-0.39, 0.29) is 0 Å². The second kappa shape index (κ2) is 6.79. The normalized spacial score (nSPS) is 15.9. The smallest absolute Gasteiger partial charge is 0.363 e. The number of nitrogens with zero attached hydrogens (tertiary/aromatic N) is 1. The zero-order chi connectivity index (χ0) is 15.7. The third-order valence-electron chi connectivity index (χ3n) is 2.94. The van der Waals surface area contributed by atoms with Crippen LogP contribution >= 0.6 is 61.1 Å². The van der Waals surface area contributed by atoms with Gasteiger partial charge in [0, 0.05) is 17.2 Å². The highest BCUT2D eigenvalue weighted by atomic mass is 127. The lowest BCUT2D eigenvalue weighted by atomic mass is 10.2. The van der Waals surface area contributed by atoms with Gasteiger partial charge in [-0.2, -0.15) is 0 Å². The Balaban J connectivity index is 1.96. The quantitative estimate of drug-likeness (QED) is 0.285. The van der Waals surface area contributed by atoms with Crippen LogP contribution in [0, 0.1) is 7.14 Å². The van der Waals surface area contributed by atoms with Crippen LogP contribution in [0.3, 0.4) is 0 Å². The van der Waals surface area contributed by atoms with Gasteiger partial charge in [0.1, 0.15) is 0 Å². The molecule has 0 saturated heterocycles. The molecule has 0 spiro atoms. The van der Waals surface area contributed by atoms with Crippen molar-refractivity contribution >= 4 is 79.1 Å². The van der Waals surface area contributed by atoms with Crippen molar-refractivity contribution < 1.29 is 9.53 Å². The van der Waals surface area contributed by atoms with Gasteiger partial charge in [-0.1, -0.05) is 12.1 Å². The Morgan fingerprint density at radius 3 is 2.68 bits per heavy atom. The van der Waals surface area contributed by atoms with E-state index in [2.05, 4.69) is 66.1 Å². The monoisotopic (exact) mass is 579 g/mol. The fourth-order valence-electron chi connectivity index (χ4n) is 1.92. The molecule has 0 saturated carbocycles. The molecule has 0 aliphatic carbocycles. The zero-order valence-electron chi connectivity index (χ0n) is 11.0. The number of benzene rings is 2. The molecule has 110 valence electrons. The molecule has 2 aromatic carbocycles. The molecule has 0 fully saturated rings. The fraction of sp³-hybridized carbons (Fsp3) is 0. The Morgan fingerprint density at radius 2 is 1.95 bits per heavy atom. The minimum Gasteiger partial charge on any atom is -0.402 e. The molecule has 0 N–H and O–H groups in total. The summed E-state index contributed by atoms with van der Waals surface area (Å²) in [7, 11) is 0. The van der Waals surface area contributed by atoms with Gasteiger partial charge in [-0.05, 0) is 103 Å². The molecule has 2 aromatic rings. The van der Waals surface area contributed by atoms with Gasteiger partial charge < -0.3 is 4.74 Å². The molecule has 3 rings (SSSR count). The van der Waals surface area contributed by atoms with E-state index in [9.17, 15) is 4.79 Å². The molecule has 0 amide bonds. The number of carbonyl (C=O) groups excluding carboxylic acids is 1. The summed E-state index contributed by atoms with van der Waals surface area (Å²) in [6.45, 7) is 0. The zero-order valence-corrected chi connectivity index (χ0v) is 16.9. The number of esters is 1. The summed E-state index contributed by atoms with van der Waals surface area (Å²) in [4.78, 5) is 16.3. The van der Waals surface area contributed by atoms with E-state index in [0.717, 1.165) is 22.7 Å². The summed E-state index contributed by atoms with van der Waals surface area (Å²) in [6, 6.07) is 13.6. The second-order valence-corrected chi connectivity index (χ2v) is 7.78. The van der Waals surface area contributed by atoms with Gasteiger partial charge in [0.15, 0.2) is 5.70 Å². The number of hydrogen-bond acceptors (Lipinski definition) is 3. The molecule has 22 heavy (non-hydrogen) atoms. The molecule has 0 aromatic heterocycles. The van der Waals surface area contributed by atoms with Gasteiger partial charge >= 0.3 is 5.97 Å². The van der Waals surface area contributed by atoms with E-state index in [1.807, 2.05) is 42.5 Å².